The van der Waals surface area contributed by atoms with Crippen LogP contribution in [-0.4, -0.2) is 36.4 Å². The molecule has 10 nitrogen and oxygen atoms in total. The van der Waals surface area contributed by atoms with E-state index in [1.807, 2.05) is 4.72 Å². The second kappa shape index (κ2) is 8.70. The number of aromatic nitrogens is 2. The maximum Gasteiger partial charge on any atom is 0.328 e. The molecule has 1 aromatic heterocycles. The highest BCUT2D eigenvalue weighted by Crippen LogP contribution is 2.19. The molecule has 0 spiro atoms. The fourth-order valence-corrected chi connectivity index (χ4v) is 4.10. The Bertz CT molecular complexity index is 980. The molecule has 0 radical (unpaired) electrons. The lowest BCUT2D eigenvalue weighted by atomic mass is 9.96. The molecule has 0 aliphatic heterocycles. The van der Waals surface area contributed by atoms with E-state index >= 15 is 0 Å². The number of ketones is 1. The molecule has 0 saturated heterocycles. The van der Waals surface area contributed by atoms with Crippen molar-refractivity contribution in [2.45, 2.75) is 56.0 Å². The maximum atomic E-state index is 12.4. The molecule has 1 aromatic carbocycles. The predicted octanol–water partition coefficient (Wildman–Crippen LogP) is 1.58. The summed E-state index contributed by atoms with van der Waals surface area (Å²) in [5, 5.41) is 6.23. The van der Waals surface area contributed by atoms with E-state index in [0.29, 0.717) is 5.56 Å². The number of benzene rings is 1. The smallest absolute Gasteiger partial charge is 0.328 e. The van der Waals surface area contributed by atoms with E-state index in [4.69, 9.17) is 10.3 Å². The highest BCUT2D eigenvalue weighted by Gasteiger charge is 2.24. The van der Waals surface area contributed by atoms with Gasteiger partial charge in [0.05, 0.1) is 10.9 Å². The van der Waals surface area contributed by atoms with Crippen molar-refractivity contribution in [1.82, 2.24) is 20.2 Å². The number of hydrogen-bond donors (Lipinski definition) is 3. The first-order valence-electron chi connectivity index (χ1n) is 9.29. The van der Waals surface area contributed by atoms with Crippen LogP contribution in [0.5, 0.6) is 0 Å². The van der Waals surface area contributed by atoms with E-state index in [1.54, 1.807) is 6.92 Å². The number of urea groups is 1. The molecule has 1 atom stereocenters. The Labute approximate surface area is 168 Å². The molecule has 1 aliphatic carbocycles. The molecule has 2 amide bonds. The van der Waals surface area contributed by atoms with Gasteiger partial charge < -0.3 is 15.6 Å². The van der Waals surface area contributed by atoms with Crippen LogP contribution in [0, 0.1) is 6.92 Å². The van der Waals surface area contributed by atoms with E-state index in [-0.39, 0.29) is 22.7 Å². The highest BCUT2D eigenvalue weighted by molar-refractivity contribution is 7.90. The van der Waals surface area contributed by atoms with E-state index < -0.39 is 27.9 Å². The molecule has 4 N–H and O–H groups in total. The minimum atomic E-state index is -4.05. The Kier molecular flexibility index (Phi) is 6.28. The van der Waals surface area contributed by atoms with Crippen molar-refractivity contribution in [2.24, 2.45) is 5.73 Å². The number of aryl methyl sites for hydroxylation is 1. The summed E-state index contributed by atoms with van der Waals surface area (Å²) >= 11 is 0. The number of carbonyl (C=O) groups is 2. The molecule has 3 rings (SSSR count). The van der Waals surface area contributed by atoms with Crippen molar-refractivity contribution in [3.05, 3.63) is 41.5 Å². The van der Waals surface area contributed by atoms with Crippen molar-refractivity contribution >= 4 is 21.8 Å². The van der Waals surface area contributed by atoms with Crippen molar-refractivity contribution in [3.63, 3.8) is 0 Å². The fraction of sp³-hybridized carbons (Fsp3) is 0.444. The third-order valence-corrected chi connectivity index (χ3v) is 6.09. The molecule has 1 saturated carbocycles. The van der Waals surface area contributed by atoms with Crippen LogP contribution < -0.4 is 15.8 Å². The lowest BCUT2D eigenvalue weighted by Crippen LogP contribution is -2.45. The summed E-state index contributed by atoms with van der Waals surface area (Å²) in [6, 6.07) is 3.53. The van der Waals surface area contributed by atoms with Crippen molar-refractivity contribution in [2.75, 3.05) is 0 Å². The first-order chi connectivity index (χ1) is 13.8. The normalized spacial score (nSPS) is 16.2. The summed E-state index contributed by atoms with van der Waals surface area (Å²) in [4.78, 5) is 28.0. The van der Waals surface area contributed by atoms with E-state index in [0.717, 1.165) is 32.1 Å². The molecular weight excluding hydrogens is 398 g/mol. The van der Waals surface area contributed by atoms with Crippen LogP contribution in [0.1, 0.15) is 60.2 Å². The fourth-order valence-electron chi connectivity index (χ4n) is 3.19. The second-order valence-corrected chi connectivity index (χ2v) is 8.64. The van der Waals surface area contributed by atoms with Gasteiger partial charge in [-0.25, -0.2) is 17.9 Å². The molecule has 2 aromatic rings. The number of amides is 2. The van der Waals surface area contributed by atoms with Crippen LogP contribution in [0.15, 0.2) is 33.7 Å². The monoisotopic (exact) mass is 421 g/mol. The van der Waals surface area contributed by atoms with Gasteiger partial charge in [0.1, 0.15) is 0 Å². The quantitative estimate of drug-likeness (QED) is 0.593. The minimum absolute atomic E-state index is 0.0147. The zero-order valence-electron chi connectivity index (χ0n) is 15.9. The average Bonchev–Trinajstić information content (AvgIpc) is 3.13. The average molecular weight is 421 g/mol. The lowest BCUT2D eigenvalue weighted by molar-refractivity contribution is 0.0948. The maximum absolute atomic E-state index is 12.4. The largest absolute Gasteiger partial charge is 0.339 e. The Balaban J connectivity index is 1.64. The Morgan fingerprint density at radius 2 is 1.83 bits per heavy atom. The molecule has 1 aliphatic rings. The molecular formula is C18H23N5O5S. The molecule has 11 heteroatoms. The summed E-state index contributed by atoms with van der Waals surface area (Å²) in [6.45, 7) is 1.55. The van der Waals surface area contributed by atoms with E-state index in [2.05, 4.69) is 15.5 Å². The van der Waals surface area contributed by atoms with Gasteiger partial charge in [-0.15, -0.1) is 0 Å². The second-order valence-electron chi connectivity index (χ2n) is 6.96. The number of nitrogens with one attached hydrogen (secondary N) is 2. The van der Waals surface area contributed by atoms with Crippen LogP contribution in [0.2, 0.25) is 0 Å². The molecule has 1 heterocycles. The summed E-state index contributed by atoms with van der Waals surface area (Å²) in [5.74, 6) is -0.463. The number of nitrogens with zero attached hydrogens (tertiary/aromatic N) is 2. The summed E-state index contributed by atoms with van der Waals surface area (Å²) in [5.41, 5.74) is 6.30. The summed E-state index contributed by atoms with van der Waals surface area (Å²) < 4.78 is 31.6. The lowest BCUT2D eigenvalue weighted by Gasteiger charge is -2.22. The minimum Gasteiger partial charge on any atom is -0.339 e. The van der Waals surface area contributed by atoms with Crippen molar-refractivity contribution in [3.8, 4) is 0 Å². The molecule has 29 heavy (non-hydrogen) atoms. The number of sulfonamides is 1. The topological polar surface area (TPSA) is 157 Å². The first kappa shape index (κ1) is 20.9. The van der Waals surface area contributed by atoms with E-state index in [1.165, 1.54) is 24.3 Å². The Morgan fingerprint density at radius 1 is 1.17 bits per heavy atom. The molecule has 1 fully saturated rings. The van der Waals surface area contributed by atoms with Crippen LogP contribution in [0.4, 0.5) is 4.79 Å². The third kappa shape index (κ3) is 5.18. The Morgan fingerprint density at radius 3 is 2.41 bits per heavy atom. The van der Waals surface area contributed by atoms with E-state index in [9.17, 15) is 18.0 Å². The van der Waals surface area contributed by atoms with Gasteiger partial charge in [0.15, 0.2) is 0 Å². The standard InChI is InChI=1S/C18H23N5O5S/c1-11-20-17(22-28-11)16(24)15(19)12-7-9-14(10-8-12)29(26,27)23-18(25)21-13-5-3-2-4-6-13/h7-10,13,15H,2-6,19H2,1H3,(H2,21,23,25). The zero-order chi connectivity index (χ0) is 21.0. The number of carbonyl (C=O) groups excluding carboxylic acids is 2. The predicted molar refractivity (Wildman–Crippen MR) is 102 cm³/mol. The molecule has 0 bridgehead atoms. The molecule has 156 valence electrons. The van der Waals surface area contributed by atoms with Crippen molar-refractivity contribution in [1.29, 1.82) is 0 Å². The summed E-state index contributed by atoms with van der Waals surface area (Å²) in [6.07, 6.45) is 4.84. The highest BCUT2D eigenvalue weighted by atomic mass is 32.2. The van der Waals surface area contributed by atoms with Gasteiger partial charge in [0.2, 0.25) is 17.5 Å². The number of rotatable bonds is 6. The molecule has 1 unspecified atom stereocenters. The van der Waals surface area contributed by atoms with Gasteiger partial charge in [0.25, 0.3) is 10.0 Å². The first-order valence-corrected chi connectivity index (χ1v) is 10.8. The number of hydrogen-bond acceptors (Lipinski definition) is 8. The Hall–Kier alpha value is -2.79. The SMILES string of the molecule is Cc1nc(C(=O)C(N)c2ccc(S(=O)(=O)NC(=O)NC3CCCCC3)cc2)no1. The number of Topliss-reactive ketones (excluding diaryl/α,β-unsaturated/α-hetero) is 1. The van der Waals surface area contributed by atoms with Crippen molar-refractivity contribution < 1.29 is 22.5 Å². The number of nitrogens with two attached hydrogens (primary N) is 1. The van der Waals surface area contributed by atoms with Gasteiger partial charge in [-0.1, -0.05) is 36.6 Å². The van der Waals surface area contributed by atoms with Crippen LogP contribution in [-0.2, 0) is 10.0 Å². The van der Waals surface area contributed by atoms with Crippen LogP contribution in [0.25, 0.3) is 0 Å². The van der Waals surface area contributed by atoms with Gasteiger partial charge in [0, 0.05) is 13.0 Å². The van der Waals surface area contributed by atoms with Crippen LogP contribution >= 0.6 is 0 Å². The van der Waals surface area contributed by atoms with Gasteiger partial charge in [-0.3, -0.25) is 4.79 Å². The van der Waals surface area contributed by atoms with Gasteiger partial charge >= 0.3 is 6.03 Å². The van der Waals surface area contributed by atoms with Gasteiger partial charge in [-0.2, -0.15) is 4.98 Å². The van der Waals surface area contributed by atoms with Crippen LogP contribution in [0.3, 0.4) is 0 Å². The third-order valence-electron chi connectivity index (χ3n) is 4.75. The summed E-state index contributed by atoms with van der Waals surface area (Å²) in [7, 11) is -4.05. The zero-order valence-corrected chi connectivity index (χ0v) is 16.7. The van der Waals surface area contributed by atoms with Gasteiger partial charge in [-0.05, 0) is 30.5 Å².